The highest BCUT2D eigenvalue weighted by Gasteiger charge is 2.12. The van der Waals surface area contributed by atoms with E-state index in [2.05, 4.69) is 21.4 Å². The molecule has 3 aromatic rings. The minimum Gasteiger partial charge on any atom is -0.301 e. The number of thioether (sulfide) groups is 1. The first-order valence-corrected chi connectivity index (χ1v) is 9.44. The van der Waals surface area contributed by atoms with Crippen LogP contribution in [0.2, 0.25) is 0 Å². The van der Waals surface area contributed by atoms with Crippen LogP contribution in [0.5, 0.6) is 0 Å². The van der Waals surface area contributed by atoms with Gasteiger partial charge in [0.05, 0.1) is 22.5 Å². The molecule has 7 heteroatoms. The Morgan fingerprint density at radius 2 is 2.08 bits per heavy atom. The van der Waals surface area contributed by atoms with Gasteiger partial charge in [0, 0.05) is 10.3 Å². The molecular weight excluding hydrogens is 352 g/mol. The lowest BCUT2D eigenvalue weighted by Crippen LogP contribution is -2.14. The number of thiazole rings is 1. The van der Waals surface area contributed by atoms with E-state index >= 15 is 0 Å². The van der Waals surface area contributed by atoms with Gasteiger partial charge in [-0.1, -0.05) is 23.4 Å². The highest BCUT2D eigenvalue weighted by Crippen LogP contribution is 2.26. The number of nitrogens with zero attached hydrogens (tertiary/aromatic N) is 3. The molecule has 0 spiro atoms. The fraction of sp³-hybridized carbons (Fsp3) is 0.222. The molecule has 2 aromatic heterocycles. The highest BCUT2D eigenvalue weighted by atomic mass is 32.2. The quantitative estimate of drug-likeness (QED) is 0.698. The number of anilines is 1. The van der Waals surface area contributed by atoms with E-state index in [0.29, 0.717) is 15.7 Å². The summed E-state index contributed by atoms with van der Waals surface area (Å²) >= 11 is 2.72. The van der Waals surface area contributed by atoms with Gasteiger partial charge in [0.1, 0.15) is 11.1 Å². The van der Waals surface area contributed by atoms with Crippen LogP contribution in [0.15, 0.2) is 29.3 Å². The monoisotopic (exact) mass is 368 g/mol. The van der Waals surface area contributed by atoms with Crippen LogP contribution in [0.1, 0.15) is 21.7 Å². The number of nitrogens with one attached hydrogen (secondary N) is 1. The van der Waals surface area contributed by atoms with Crippen molar-refractivity contribution in [2.24, 2.45) is 0 Å². The number of nitriles is 1. The number of amides is 1. The second-order valence-corrected chi connectivity index (χ2v) is 7.81. The first-order valence-electron chi connectivity index (χ1n) is 7.64. The number of fused-ring (bicyclic) bond motifs is 1. The topological polar surface area (TPSA) is 78.7 Å². The summed E-state index contributed by atoms with van der Waals surface area (Å²) in [4.78, 5) is 22.1. The Morgan fingerprint density at radius 1 is 1.28 bits per heavy atom. The molecule has 126 valence electrons. The molecule has 0 atom stereocenters. The number of hydrogen-bond acceptors (Lipinski definition) is 6. The molecule has 0 aliphatic rings. The van der Waals surface area contributed by atoms with Gasteiger partial charge in [0.15, 0.2) is 5.13 Å². The van der Waals surface area contributed by atoms with E-state index in [1.54, 1.807) is 0 Å². The average molecular weight is 368 g/mol. The van der Waals surface area contributed by atoms with Gasteiger partial charge < -0.3 is 5.32 Å². The summed E-state index contributed by atoms with van der Waals surface area (Å²) < 4.78 is 0. The van der Waals surface area contributed by atoms with E-state index in [1.807, 2.05) is 45.0 Å². The van der Waals surface area contributed by atoms with Crippen molar-refractivity contribution in [2.45, 2.75) is 25.8 Å². The lowest BCUT2D eigenvalue weighted by molar-refractivity contribution is -0.113. The van der Waals surface area contributed by atoms with Crippen molar-refractivity contribution in [3.63, 3.8) is 0 Å². The zero-order chi connectivity index (χ0) is 18.0. The lowest BCUT2D eigenvalue weighted by atomic mass is 10.1. The SMILES string of the molecule is Cc1ccc2nc(SCC(=O)Nc3nc(C)c(C)s3)c(C#N)cc2c1. The van der Waals surface area contributed by atoms with E-state index in [0.717, 1.165) is 27.0 Å². The van der Waals surface area contributed by atoms with E-state index in [1.165, 1.54) is 23.1 Å². The van der Waals surface area contributed by atoms with Crippen molar-refractivity contribution < 1.29 is 4.79 Å². The number of pyridine rings is 1. The molecule has 0 bridgehead atoms. The highest BCUT2D eigenvalue weighted by molar-refractivity contribution is 8.00. The Labute approximate surface area is 154 Å². The van der Waals surface area contributed by atoms with E-state index in [4.69, 9.17) is 0 Å². The molecule has 0 fully saturated rings. The standard InChI is InChI=1S/C18H16N4OS2/c1-10-4-5-15-13(6-10)7-14(8-19)17(21-15)24-9-16(23)22-18-20-11(2)12(3)25-18/h4-7H,9H2,1-3H3,(H,20,22,23). The summed E-state index contributed by atoms with van der Waals surface area (Å²) in [7, 11) is 0. The predicted octanol–water partition coefficient (Wildman–Crippen LogP) is 4.22. The fourth-order valence-corrected chi connectivity index (χ4v) is 3.88. The van der Waals surface area contributed by atoms with Crippen LogP contribution in [0.3, 0.4) is 0 Å². The lowest BCUT2D eigenvalue weighted by Gasteiger charge is -2.06. The molecule has 0 aliphatic carbocycles. The van der Waals surface area contributed by atoms with Gasteiger partial charge >= 0.3 is 0 Å². The number of carbonyl (C=O) groups excluding carboxylic acids is 1. The predicted molar refractivity (Wildman–Crippen MR) is 102 cm³/mol. The third kappa shape index (κ3) is 3.98. The molecule has 1 N–H and O–H groups in total. The maximum absolute atomic E-state index is 12.1. The summed E-state index contributed by atoms with van der Waals surface area (Å²) in [5.74, 6) is 0.0185. The van der Waals surface area contributed by atoms with Crippen LogP contribution in [-0.4, -0.2) is 21.6 Å². The molecular formula is C18H16N4OS2. The third-order valence-electron chi connectivity index (χ3n) is 3.67. The van der Waals surface area contributed by atoms with Crippen LogP contribution in [0, 0.1) is 32.1 Å². The Bertz CT molecular complexity index is 985. The first kappa shape index (κ1) is 17.4. The number of aryl methyl sites for hydroxylation is 3. The first-order chi connectivity index (χ1) is 12.0. The molecule has 0 unspecified atom stereocenters. The molecule has 5 nitrogen and oxygen atoms in total. The Hall–Kier alpha value is -2.43. The minimum atomic E-state index is -0.159. The van der Waals surface area contributed by atoms with E-state index in [9.17, 15) is 10.1 Å². The molecule has 3 rings (SSSR count). The van der Waals surface area contributed by atoms with Crippen molar-refractivity contribution in [1.29, 1.82) is 5.26 Å². The van der Waals surface area contributed by atoms with Crippen molar-refractivity contribution >= 4 is 45.0 Å². The number of benzene rings is 1. The normalized spacial score (nSPS) is 10.6. The molecule has 0 saturated heterocycles. The van der Waals surface area contributed by atoms with Gasteiger partial charge in [0.25, 0.3) is 0 Å². The summed E-state index contributed by atoms with van der Waals surface area (Å²) in [6.45, 7) is 5.88. The summed E-state index contributed by atoms with van der Waals surface area (Å²) in [6.07, 6.45) is 0. The van der Waals surface area contributed by atoms with Gasteiger partial charge in [-0.2, -0.15) is 5.26 Å². The van der Waals surface area contributed by atoms with Crippen molar-refractivity contribution in [3.8, 4) is 6.07 Å². The van der Waals surface area contributed by atoms with E-state index in [-0.39, 0.29) is 11.7 Å². The number of hydrogen-bond donors (Lipinski definition) is 1. The summed E-state index contributed by atoms with van der Waals surface area (Å²) in [6, 6.07) is 9.90. The molecule has 1 aromatic carbocycles. The number of aromatic nitrogens is 2. The second-order valence-electron chi connectivity index (χ2n) is 5.65. The van der Waals surface area contributed by atoms with Gasteiger partial charge in [-0.3, -0.25) is 4.79 Å². The van der Waals surface area contributed by atoms with Crippen LogP contribution in [0.4, 0.5) is 5.13 Å². The van der Waals surface area contributed by atoms with Gasteiger partial charge in [-0.05, 0) is 39.0 Å². The molecule has 2 heterocycles. The van der Waals surface area contributed by atoms with Crippen LogP contribution < -0.4 is 5.32 Å². The maximum Gasteiger partial charge on any atom is 0.236 e. The van der Waals surface area contributed by atoms with Gasteiger partial charge in [-0.25, -0.2) is 9.97 Å². The zero-order valence-corrected chi connectivity index (χ0v) is 15.7. The molecule has 0 radical (unpaired) electrons. The van der Waals surface area contributed by atoms with Crippen LogP contribution in [0.25, 0.3) is 10.9 Å². The van der Waals surface area contributed by atoms with Crippen LogP contribution in [-0.2, 0) is 4.79 Å². The van der Waals surface area contributed by atoms with Crippen molar-refractivity contribution in [1.82, 2.24) is 9.97 Å². The molecule has 0 saturated carbocycles. The Kier molecular flexibility index (Phi) is 5.02. The average Bonchev–Trinajstić information content (AvgIpc) is 2.89. The maximum atomic E-state index is 12.1. The van der Waals surface area contributed by atoms with E-state index < -0.39 is 0 Å². The Balaban J connectivity index is 1.74. The fourth-order valence-electron chi connectivity index (χ4n) is 2.28. The number of rotatable bonds is 4. The third-order valence-corrected chi connectivity index (χ3v) is 5.65. The minimum absolute atomic E-state index is 0.159. The van der Waals surface area contributed by atoms with Gasteiger partial charge in [-0.15, -0.1) is 11.3 Å². The van der Waals surface area contributed by atoms with Crippen molar-refractivity contribution in [3.05, 3.63) is 46.0 Å². The second kappa shape index (κ2) is 7.21. The smallest absolute Gasteiger partial charge is 0.236 e. The van der Waals surface area contributed by atoms with Crippen LogP contribution >= 0.6 is 23.1 Å². The summed E-state index contributed by atoms with van der Waals surface area (Å²) in [5.41, 5.74) is 3.34. The number of carbonyl (C=O) groups is 1. The molecule has 25 heavy (non-hydrogen) atoms. The largest absolute Gasteiger partial charge is 0.301 e. The zero-order valence-electron chi connectivity index (χ0n) is 14.1. The molecule has 0 aliphatic heterocycles. The summed E-state index contributed by atoms with van der Waals surface area (Å²) in [5, 5.41) is 14.3. The Morgan fingerprint density at radius 3 is 2.76 bits per heavy atom. The van der Waals surface area contributed by atoms with Gasteiger partial charge in [0.2, 0.25) is 5.91 Å². The van der Waals surface area contributed by atoms with Crippen molar-refractivity contribution in [2.75, 3.05) is 11.1 Å². The molecule has 1 amide bonds.